The molecule has 2 aromatic rings. The van der Waals surface area contributed by atoms with Crippen LogP contribution in [0.5, 0.6) is 5.75 Å². The topological polar surface area (TPSA) is 121 Å². The number of hydrogen-bond donors (Lipinski definition) is 2. The van der Waals surface area contributed by atoms with Gasteiger partial charge in [0.1, 0.15) is 11.6 Å². The molecule has 3 heterocycles. The van der Waals surface area contributed by atoms with Crippen LogP contribution in [0, 0.1) is 5.92 Å². The summed E-state index contributed by atoms with van der Waals surface area (Å²) in [6.07, 6.45) is 0.843. The minimum atomic E-state index is -3.75. The molecule has 0 bridgehead atoms. The fourth-order valence-corrected chi connectivity index (χ4v) is 5.02. The van der Waals surface area contributed by atoms with Crippen LogP contribution in [0.3, 0.4) is 0 Å². The van der Waals surface area contributed by atoms with Gasteiger partial charge in [-0.1, -0.05) is 12.1 Å². The molecule has 0 aromatic heterocycles. The quantitative estimate of drug-likeness (QED) is 0.727. The van der Waals surface area contributed by atoms with Crippen molar-refractivity contribution >= 4 is 27.5 Å². The number of aromatic hydroxyl groups is 1. The summed E-state index contributed by atoms with van der Waals surface area (Å²) in [5, 5.41) is 15.3. The van der Waals surface area contributed by atoms with Gasteiger partial charge in [0.05, 0.1) is 24.2 Å². The maximum absolute atomic E-state index is 11.6. The van der Waals surface area contributed by atoms with Gasteiger partial charge in [-0.25, -0.2) is 18.5 Å². The summed E-state index contributed by atoms with van der Waals surface area (Å²) >= 11 is 0. The first-order valence-electron chi connectivity index (χ1n) is 10.6. The molecule has 3 aliphatic rings. The summed E-state index contributed by atoms with van der Waals surface area (Å²) < 4.78 is 28.7. The monoisotopic (exact) mass is 455 g/mol. The van der Waals surface area contributed by atoms with Gasteiger partial charge in [-0.3, -0.25) is 0 Å². The van der Waals surface area contributed by atoms with Crippen molar-refractivity contribution < 1.29 is 18.3 Å². The number of phenolic OH excluding ortho intramolecular Hbond substituents is 1. The number of fused-ring (bicyclic) bond motifs is 1. The molecule has 168 valence electrons. The Hall–Kier alpha value is -2.95. The highest BCUT2D eigenvalue weighted by atomic mass is 32.2. The molecule has 2 atom stereocenters. The highest BCUT2D eigenvalue weighted by Crippen LogP contribution is 2.40. The van der Waals surface area contributed by atoms with Gasteiger partial charge in [0, 0.05) is 31.2 Å². The number of amidine groups is 1. The number of primary sulfonamides is 1. The zero-order valence-electron chi connectivity index (χ0n) is 17.5. The minimum absolute atomic E-state index is 0.0551. The van der Waals surface area contributed by atoms with Gasteiger partial charge in [-0.15, -0.1) is 0 Å². The molecule has 0 amide bonds. The summed E-state index contributed by atoms with van der Waals surface area (Å²) in [4.78, 5) is 14.3. The number of aliphatic imine (C=N–C) groups is 2. The van der Waals surface area contributed by atoms with Gasteiger partial charge < -0.3 is 19.6 Å². The summed E-state index contributed by atoms with van der Waals surface area (Å²) in [6.45, 7) is 3.43. The van der Waals surface area contributed by atoms with Crippen molar-refractivity contribution in [2.75, 3.05) is 37.7 Å². The minimum Gasteiger partial charge on any atom is -0.508 e. The molecule has 0 saturated carbocycles. The lowest BCUT2D eigenvalue weighted by Crippen LogP contribution is -2.44. The Bertz CT molecular complexity index is 1170. The first kappa shape index (κ1) is 20.9. The SMILES string of the molecule is NS(=O)(=O)c1ccc(N2CCC3C2=NC(N2CCOCC2)=NC3c2cccc(O)c2)cc1. The number of guanidine groups is 1. The molecule has 2 fully saturated rings. The molecule has 3 aliphatic heterocycles. The van der Waals surface area contributed by atoms with Crippen molar-refractivity contribution in [3.63, 3.8) is 0 Å². The average molecular weight is 456 g/mol. The molecule has 2 aromatic carbocycles. The van der Waals surface area contributed by atoms with Gasteiger partial charge in [0.25, 0.3) is 0 Å². The lowest BCUT2D eigenvalue weighted by Gasteiger charge is -2.34. The fourth-order valence-electron chi connectivity index (χ4n) is 4.51. The number of anilines is 1. The molecule has 0 spiro atoms. The van der Waals surface area contributed by atoms with E-state index < -0.39 is 10.0 Å². The zero-order chi connectivity index (χ0) is 22.3. The molecule has 10 heteroatoms. The highest BCUT2D eigenvalue weighted by molar-refractivity contribution is 7.89. The Morgan fingerprint density at radius 1 is 1.06 bits per heavy atom. The van der Waals surface area contributed by atoms with Crippen molar-refractivity contribution in [2.24, 2.45) is 21.0 Å². The van der Waals surface area contributed by atoms with Crippen molar-refractivity contribution in [3.05, 3.63) is 54.1 Å². The number of hydrogen-bond acceptors (Lipinski definition) is 8. The molecule has 9 nitrogen and oxygen atoms in total. The maximum Gasteiger partial charge on any atom is 0.238 e. The molecule has 2 saturated heterocycles. The largest absolute Gasteiger partial charge is 0.508 e. The standard InChI is InChI=1S/C22H25N5O4S/c23-32(29,30)18-6-4-16(5-7-18)27-9-8-19-20(15-2-1-3-17(28)14-15)24-22(25-21(19)27)26-10-12-31-13-11-26/h1-7,14,19-20,28H,8-13H2,(H2,23,29,30). The van der Waals surface area contributed by atoms with E-state index in [1.807, 2.05) is 12.1 Å². The Balaban J connectivity index is 1.53. The van der Waals surface area contributed by atoms with E-state index in [2.05, 4.69) is 9.80 Å². The van der Waals surface area contributed by atoms with E-state index in [1.54, 1.807) is 24.3 Å². The number of nitrogens with zero attached hydrogens (tertiary/aromatic N) is 4. The maximum atomic E-state index is 11.6. The summed E-state index contributed by atoms with van der Waals surface area (Å²) in [5.41, 5.74) is 1.80. The van der Waals surface area contributed by atoms with Crippen molar-refractivity contribution in [3.8, 4) is 5.75 Å². The average Bonchev–Trinajstić information content (AvgIpc) is 3.22. The molecule has 5 rings (SSSR count). The second-order valence-electron chi connectivity index (χ2n) is 8.12. The van der Waals surface area contributed by atoms with Gasteiger partial charge in [0.15, 0.2) is 0 Å². The third-order valence-electron chi connectivity index (χ3n) is 6.10. The van der Waals surface area contributed by atoms with Crippen LogP contribution < -0.4 is 10.0 Å². The Kier molecular flexibility index (Phi) is 5.36. The van der Waals surface area contributed by atoms with Crippen molar-refractivity contribution in [1.29, 1.82) is 0 Å². The normalized spacial score (nSPS) is 23.5. The van der Waals surface area contributed by atoms with Gasteiger partial charge in [-0.2, -0.15) is 4.99 Å². The van der Waals surface area contributed by atoms with Crippen LogP contribution in [0.15, 0.2) is 63.4 Å². The number of nitrogens with two attached hydrogens (primary N) is 1. The van der Waals surface area contributed by atoms with Crippen LogP contribution in [0.2, 0.25) is 0 Å². The second kappa shape index (κ2) is 8.19. The molecule has 32 heavy (non-hydrogen) atoms. The third-order valence-corrected chi connectivity index (χ3v) is 7.03. The van der Waals surface area contributed by atoms with Crippen LogP contribution in [-0.4, -0.2) is 63.1 Å². The van der Waals surface area contributed by atoms with Crippen LogP contribution in [0.1, 0.15) is 18.0 Å². The van der Waals surface area contributed by atoms with Crippen LogP contribution >= 0.6 is 0 Å². The van der Waals surface area contributed by atoms with E-state index in [-0.39, 0.29) is 22.6 Å². The van der Waals surface area contributed by atoms with E-state index >= 15 is 0 Å². The van der Waals surface area contributed by atoms with Crippen LogP contribution in [0.25, 0.3) is 0 Å². The molecular formula is C22H25N5O4S. The highest BCUT2D eigenvalue weighted by Gasteiger charge is 2.40. The van der Waals surface area contributed by atoms with Crippen molar-refractivity contribution in [2.45, 2.75) is 17.4 Å². The Morgan fingerprint density at radius 2 is 1.81 bits per heavy atom. The summed E-state index contributed by atoms with van der Waals surface area (Å²) in [7, 11) is -3.75. The summed E-state index contributed by atoms with van der Waals surface area (Å²) in [5.74, 6) is 1.83. The third kappa shape index (κ3) is 3.96. The van der Waals surface area contributed by atoms with Crippen LogP contribution in [0.4, 0.5) is 5.69 Å². The number of ether oxygens (including phenoxy) is 1. The molecule has 0 radical (unpaired) electrons. The second-order valence-corrected chi connectivity index (χ2v) is 9.69. The smallest absolute Gasteiger partial charge is 0.238 e. The number of sulfonamides is 1. The number of benzene rings is 2. The number of phenols is 1. The molecular weight excluding hydrogens is 430 g/mol. The lowest BCUT2D eigenvalue weighted by molar-refractivity contribution is 0.0672. The van der Waals surface area contributed by atoms with Gasteiger partial charge >= 0.3 is 0 Å². The Labute approximate surface area is 186 Å². The summed E-state index contributed by atoms with van der Waals surface area (Å²) in [6, 6.07) is 13.6. The van der Waals surface area contributed by atoms with Gasteiger partial charge in [0.2, 0.25) is 16.0 Å². The fraction of sp³-hybridized carbons (Fsp3) is 0.364. The van der Waals surface area contributed by atoms with E-state index in [1.165, 1.54) is 12.1 Å². The lowest BCUT2D eigenvalue weighted by atomic mass is 9.91. The van der Waals surface area contributed by atoms with Crippen molar-refractivity contribution in [1.82, 2.24) is 4.90 Å². The first-order valence-corrected chi connectivity index (χ1v) is 12.1. The zero-order valence-corrected chi connectivity index (χ0v) is 18.3. The number of rotatable bonds is 3. The first-order chi connectivity index (χ1) is 15.4. The molecule has 2 unspecified atom stereocenters. The number of morpholine rings is 1. The van der Waals surface area contributed by atoms with E-state index in [9.17, 15) is 13.5 Å². The van der Waals surface area contributed by atoms with E-state index in [4.69, 9.17) is 19.9 Å². The predicted octanol–water partition coefficient (Wildman–Crippen LogP) is 1.71. The van der Waals surface area contributed by atoms with Gasteiger partial charge in [-0.05, 0) is 48.4 Å². The Morgan fingerprint density at radius 3 is 2.50 bits per heavy atom. The predicted molar refractivity (Wildman–Crippen MR) is 121 cm³/mol. The van der Waals surface area contributed by atoms with E-state index in [0.29, 0.717) is 19.2 Å². The van der Waals surface area contributed by atoms with Crippen LogP contribution in [-0.2, 0) is 14.8 Å². The molecule has 0 aliphatic carbocycles. The molecule has 3 N–H and O–H groups in total. The van der Waals surface area contributed by atoms with E-state index in [0.717, 1.165) is 43.1 Å².